The number of carbonyl (C=O) groups is 3. The summed E-state index contributed by atoms with van der Waals surface area (Å²) < 4.78 is 25.8. The number of nitrogens with zero attached hydrogens (tertiary/aromatic N) is 1. The molecule has 0 aromatic heterocycles. The maximum Gasteiger partial charge on any atom is 0.308 e. The van der Waals surface area contributed by atoms with Crippen LogP contribution >= 0.6 is 7.37 Å². The van der Waals surface area contributed by atoms with Gasteiger partial charge in [-0.3, -0.25) is 23.5 Å². The Morgan fingerprint density at radius 3 is 2.38 bits per heavy atom. The van der Waals surface area contributed by atoms with Crippen molar-refractivity contribution in [1.82, 2.24) is 4.90 Å². The lowest BCUT2D eigenvalue weighted by molar-refractivity contribution is -0.169. The van der Waals surface area contributed by atoms with Crippen LogP contribution in [0.2, 0.25) is 0 Å². The van der Waals surface area contributed by atoms with Crippen molar-refractivity contribution < 1.29 is 33.3 Å². The molecule has 0 spiro atoms. The number of esters is 1. The molecule has 2 aliphatic rings. The van der Waals surface area contributed by atoms with Gasteiger partial charge in [0.15, 0.2) is 0 Å². The van der Waals surface area contributed by atoms with Crippen LogP contribution in [-0.4, -0.2) is 59.1 Å². The zero-order chi connectivity index (χ0) is 28.4. The third kappa shape index (κ3) is 9.46. The fraction of sp³-hybridized carbons (Fsp3) is 0.700. The SMILES string of the molecule is CCC(=O)O[C@@H](O[P@](=O)(CCCCc1ccccc1)CC(=O)N1C[C@H](C(=O)O)C[C@H]1C1CCCCC1)C(C)C. The van der Waals surface area contributed by atoms with Gasteiger partial charge in [0, 0.05) is 31.1 Å². The highest BCUT2D eigenvalue weighted by molar-refractivity contribution is 7.59. The first kappa shape index (κ1) is 31.3. The van der Waals surface area contributed by atoms with Crippen molar-refractivity contribution in [2.45, 2.75) is 97.3 Å². The molecule has 0 radical (unpaired) electrons. The summed E-state index contributed by atoms with van der Waals surface area (Å²) in [5.74, 6) is -2.24. The van der Waals surface area contributed by atoms with Crippen molar-refractivity contribution >= 4 is 25.2 Å². The molecular weight excluding hydrogens is 517 g/mol. The number of hydrogen-bond acceptors (Lipinski definition) is 6. The third-order valence-corrected chi connectivity index (χ3v) is 10.4. The molecule has 1 aliphatic carbocycles. The number of carboxylic acid groups (broad SMARTS) is 1. The normalized spacial score (nSPS) is 22.4. The molecule has 9 heteroatoms. The molecule has 3 rings (SSSR count). The van der Waals surface area contributed by atoms with Crippen LogP contribution < -0.4 is 0 Å². The van der Waals surface area contributed by atoms with Crippen LogP contribution in [0.3, 0.4) is 0 Å². The van der Waals surface area contributed by atoms with Gasteiger partial charge in [0.2, 0.25) is 19.6 Å². The zero-order valence-electron chi connectivity index (χ0n) is 23.8. The van der Waals surface area contributed by atoms with Gasteiger partial charge < -0.3 is 14.7 Å². The highest BCUT2D eigenvalue weighted by Crippen LogP contribution is 2.51. The average Bonchev–Trinajstić information content (AvgIpc) is 3.38. The lowest BCUT2D eigenvalue weighted by Crippen LogP contribution is -2.42. The fourth-order valence-electron chi connectivity index (χ4n) is 5.77. The molecule has 1 aromatic rings. The first-order valence-corrected chi connectivity index (χ1v) is 16.6. The van der Waals surface area contributed by atoms with Crippen molar-refractivity contribution in [2.24, 2.45) is 17.8 Å². The quantitative estimate of drug-likeness (QED) is 0.126. The molecule has 1 heterocycles. The molecule has 1 amide bonds. The van der Waals surface area contributed by atoms with E-state index in [1.807, 2.05) is 32.0 Å². The maximum atomic E-state index is 14.3. The van der Waals surface area contributed by atoms with Gasteiger partial charge in [0.1, 0.15) is 6.16 Å². The second-order valence-electron chi connectivity index (χ2n) is 11.5. The van der Waals surface area contributed by atoms with Gasteiger partial charge in [-0.2, -0.15) is 0 Å². The largest absolute Gasteiger partial charge is 0.481 e. The predicted molar refractivity (Wildman–Crippen MR) is 151 cm³/mol. The molecule has 2 fully saturated rings. The van der Waals surface area contributed by atoms with Crippen molar-refractivity contribution in [3.05, 3.63) is 35.9 Å². The van der Waals surface area contributed by atoms with Gasteiger partial charge in [-0.25, -0.2) is 0 Å². The minimum Gasteiger partial charge on any atom is -0.481 e. The van der Waals surface area contributed by atoms with Crippen LogP contribution in [0.4, 0.5) is 0 Å². The topological polar surface area (TPSA) is 110 Å². The van der Waals surface area contributed by atoms with E-state index in [1.165, 1.54) is 12.0 Å². The number of benzene rings is 1. The number of aryl methyl sites for hydroxylation is 1. The Morgan fingerprint density at radius 2 is 1.77 bits per heavy atom. The number of ether oxygens (including phenoxy) is 1. The highest BCUT2D eigenvalue weighted by Gasteiger charge is 2.44. The van der Waals surface area contributed by atoms with Crippen LogP contribution in [0.25, 0.3) is 0 Å². The van der Waals surface area contributed by atoms with E-state index >= 15 is 0 Å². The molecule has 1 N–H and O–H groups in total. The Labute approximate surface area is 233 Å². The van der Waals surface area contributed by atoms with Crippen molar-refractivity contribution in [3.8, 4) is 0 Å². The molecule has 1 saturated carbocycles. The minimum atomic E-state index is -3.55. The van der Waals surface area contributed by atoms with E-state index in [2.05, 4.69) is 12.1 Å². The second kappa shape index (κ2) is 15.0. The second-order valence-corrected chi connectivity index (χ2v) is 14.1. The Hall–Kier alpha value is -2.18. The van der Waals surface area contributed by atoms with E-state index in [0.717, 1.165) is 38.5 Å². The van der Waals surface area contributed by atoms with Gasteiger partial charge in [-0.15, -0.1) is 0 Å². The third-order valence-electron chi connectivity index (χ3n) is 8.02. The Bertz CT molecular complexity index is 992. The Kier molecular flexibility index (Phi) is 12.1. The van der Waals surface area contributed by atoms with Crippen LogP contribution in [-0.2, 0) is 34.6 Å². The van der Waals surface area contributed by atoms with Crippen molar-refractivity contribution in [1.29, 1.82) is 0 Å². The van der Waals surface area contributed by atoms with Gasteiger partial charge in [-0.1, -0.05) is 70.4 Å². The number of carbonyl (C=O) groups excluding carboxylic acids is 2. The number of aliphatic carboxylic acids is 1. The molecule has 39 heavy (non-hydrogen) atoms. The number of rotatable bonds is 14. The summed E-state index contributed by atoms with van der Waals surface area (Å²) in [6, 6.07) is 9.89. The lowest BCUT2D eigenvalue weighted by atomic mass is 9.82. The van der Waals surface area contributed by atoms with Crippen molar-refractivity contribution in [2.75, 3.05) is 18.9 Å². The monoisotopic (exact) mass is 563 g/mol. The zero-order valence-corrected chi connectivity index (χ0v) is 24.7. The van der Waals surface area contributed by atoms with E-state index in [9.17, 15) is 24.1 Å². The fourth-order valence-corrected chi connectivity index (χ4v) is 8.07. The van der Waals surface area contributed by atoms with Crippen molar-refractivity contribution in [3.63, 3.8) is 0 Å². The summed E-state index contributed by atoms with van der Waals surface area (Å²) in [6.45, 7) is 5.48. The van der Waals surface area contributed by atoms with Gasteiger partial charge >= 0.3 is 11.9 Å². The van der Waals surface area contributed by atoms with E-state index in [4.69, 9.17) is 9.26 Å². The summed E-state index contributed by atoms with van der Waals surface area (Å²) in [6.07, 6.45) is 6.99. The van der Waals surface area contributed by atoms with Crippen LogP contribution in [0.15, 0.2) is 30.3 Å². The lowest BCUT2D eigenvalue weighted by Gasteiger charge is -2.35. The number of unbranched alkanes of at least 4 members (excludes halogenated alkanes) is 1. The molecular formula is C30H46NO7P. The maximum absolute atomic E-state index is 14.3. The van der Waals surface area contributed by atoms with E-state index in [1.54, 1.807) is 11.8 Å². The predicted octanol–water partition coefficient (Wildman–Crippen LogP) is 6.12. The van der Waals surface area contributed by atoms with E-state index < -0.39 is 31.5 Å². The first-order chi connectivity index (χ1) is 18.6. The molecule has 0 bridgehead atoms. The van der Waals surface area contributed by atoms with E-state index in [0.29, 0.717) is 12.8 Å². The average molecular weight is 564 g/mol. The van der Waals surface area contributed by atoms with E-state index in [-0.39, 0.29) is 49.1 Å². The van der Waals surface area contributed by atoms with Gasteiger partial charge in [-0.05, 0) is 50.0 Å². The highest BCUT2D eigenvalue weighted by atomic mass is 31.2. The summed E-state index contributed by atoms with van der Waals surface area (Å²) in [5, 5.41) is 9.72. The molecule has 1 saturated heterocycles. The minimum absolute atomic E-state index is 0.141. The molecule has 1 aromatic carbocycles. The molecule has 1 aliphatic heterocycles. The van der Waals surface area contributed by atoms with Gasteiger partial charge in [0.25, 0.3) is 0 Å². The summed E-state index contributed by atoms with van der Waals surface area (Å²) in [4.78, 5) is 39.3. The number of hydrogen-bond donors (Lipinski definition) is 1. The Balaban J connectivity index is 1.75. The number of carboxylic acids is 1. The molecule has 4 atom stereocenters. The molecule has 218 valence electrons. The number of likely N-dealkylation sites (tertiary alicyclic amines) is 1. The first-order valence-electron chi connectivity index (χ1n) is 14.6. The van der Waals surface area contributed by atoms with Crippen LogP contribution in [0.5, 0.6) is 0 Å². The summed E-state index contributed by atoms with van der Waals surface area (Å²) >= 11 is 0. The molecule has 0 unspecified atom stereocenters. The Morgan fingerprint density at radius 1 is 1.08 bits per heavy atom. The number of amides is 1. The summed E-state index contributed by atoms with van der Waals surface area (Å²) in [5.41, 5.74) is 1.19. The standard InChI is InChI=1S/C30H46NO7P/c1-4-28(33)37-30(22(2)3)38-39(36,18-12-11-15-23-13-7-5-8-14-23)21-27(32)31-20-25(29(34)35)19-26(31)24-16-9-6-10-17-24/h5,7-8,13-14,22,24-26,30H,4,6,9-12,15-21H2,1-3H3,(H,34,35)/t25-,26+,30+,39-/m1/s1. The van der Waals surface area contributed by atoms with Crippen LogP contribution in [0, 0.1) is 17.8 Å². The smallest absolute Gasteiger partial charge is 0.308 e. The summed E-state index contributed by atoms with van der Waals surface area (Å²) in [7, 11) is -3.55. The van der Waals surface area contributed by atoms with Gasteiger partial charge in [0.05, 0.1) is 5.92 Å². The van der Waals surface area contributed by atoms with Crippen LogP contribution in [0.1, 0.15) is 84.1 Å². The molecule has 8 nitrogen and oxygen atoms in total.